The molecule has 1 N–H and O–H groups in total. The molecule has 0 aromatic rings. The van der Waals surface area contributed by atoms with Gasteiger partial charge in [0.05, 0.1) is 0 Å². The van der Waals surface area contributed by atoms with Crippen molar-refractivity contribution in [2.75, 3.05) is 26.2 Å². The normalized spacial score (nSPS) is 24.5. The fraction of sp³-hybridized carbons (Fsp3) is 1.00. The first-order chi connectivity index (χ1) is 7.96. The van der Waals surface area contributed by atoms with Gasteiger partial charge >= 0.3 is 0 Å². The average Bonchev–Trinajstić information content (AvgIpc) is 2.27. The van der Waals surface area contributed by atoms with Crippen LogP contribution in [0.15, 0.2) is 0 Å². The molecule has 0 aromatic heterocycles. The Morgan fingerprint density at radius 2 is 2.00 bits per heavy atom. The summed E-state index contributed by atoms with van der Waals surface area (Å²) in [6.07, 6.45) is 3.99. The van der Waals surface area contributed by atoms with Crippen LogP contribution in [0.5, 0.6) is 0 Å². The topological polar surface area (TPSA) is 15.3 Å². The molecule has 0 bridgehead atoms. The van der Waals surface area contributed by atoms with Crippen molar-refractivity contribution in [2.45, 2.75) is 59.9 Å². The highest BCUT2D eigenvalue weighted by atomic mass is 15.2. The van der Waals surface area contributed by atoms with E-state index in [4.69, 9.17) is 0 Å². The summed E-state index contributed by atoms with van der Waals surface area (Å²) in [7, 11) is 0. The Kier molecular flexibility index (Phi) is 5.94. The Bertz CT molecular complexity index is 213. The van der Waals surface area contributed by atoms with Crippen LogP contribution in [0.25, 0.3) is 0 Å². The maximum absolute atomic E-state index is 3.55. The van der Waals surface area contributed by atoms with Crippen molar-refractivity contribution in [2.24, 2.45) is 11.3 Å². The standard InChI is InChI=1S/C15H32N2/c1-6-9-16-11-13(2)14(3)17-10-7-8-15(4,5)12-17/h13-14,16H,6-12H2,1-5H3. The van der Waals surface area contributed by atoms with E-state index in [1.165, 1.54) is 32.4 Å². The molecular weight excluding hydrogens is 208 g/mol. The summed E-state index contributed by atoms with van der Waals surface area (Å²) < 4.78 is 0. The number of piperidine rings is 1. The summed E-state index contributed by atoms with van der Waals surface area (Å²) >= 11 is 0. The van der Waals surface area contributed by atoms with Crippen LogP contribution in [0.4, 0.5) is 0 Å². The summed E-state index contributed by atoms with van der Waals surface area (Å²) in [4.78, 5) is 2.70. The van der Waals surface area contributed by atoms with Crippen molar-refractivity contribution in [1.82, 2.24) is 10.2 Å². The first-order valence-electron chi connectivity index (χ1n) is 7.41. The van der Waals surface area contributed by atoms with Gasteiger partial charge in [-0.1, -0.05) is 27.7 Å². The van der Waals surface area contributed by atoms with E-state index in [0.29, 0.717) is 11.5 Å². The molecular formula is C15H32N2. The van der Waals surface area contributed by atoms with Gasteiger partial charge in [-0.3, -0.25) is 4.90 Å². The van der Waals surface area contributed by atoms with Gasteiger partial charge in [0, 0.05) is 12.6 Å². The molecule has 0 radical (unpaired) electrons. The van der Waals surface area contributed by atoms with E-state index in [1.54, 1.807) is 0 Å². The maximum Gasteiger partial charge on any atom is 0.0105 e. The highest BCUT2D eigenvalue weighted by Gasteiger charge is 2.30. The van der Waals surface area contributed by atoms with Crippen molar-refractivity contribution in [3.8, 4) is 0 Å². The molecule has 1 rings (SSSR count). The molecule has 102 valence electrons. The van der Waals surface area contributed by atoms with E-state index in [2.05, 4.69) is 44.8 Å². The second-order valence-corrected chi connectivity index (χ2v) is 6.66. The maximum atomic E-state index is 3.55. The van der Waals surface area contributed by atoms with Gasteiger partial charge in [-0.15, -0.1) is 0 Å². The number of nitrogens with zero attached hydrogens (tertiary/aromatic N) is 1. The van der Waals surface area contributed by atoms with Crippen LogP contribution >= 0.6 is 0 Å². The van der Waals surface area contributed by atoms with Crippen LogP contribution in [0.1, 0.15) is 53.9 Å². The lowest BCUT2D eigenvalue weighted by molar-refractivity contribution is 0.0630. The van der Waals surface area contributed by atoms with Gasteiger partial charge in [0.25, 0.3) is 0 Å². The lowest BCUT2D eigenvalue weighted by atomic mass is 9.83. The monoisotopic (exact) mass is 240 g/mol. The third kappa shape index (κ3) is 4.97. The third-order valence-electron chi connectivity index (χ3n) is 4.22. The Labute approximate surface area is 108 Å². The fourth-order valence-electron chi connectivity index (χ4n) is 2.85. The van der Waals surface area contributed by atoms with E-state index in [9.17, 15) is 0 Å². The predicted octanol–water partition coefficient (Wildman–Crippen LogP) is 3.13. The largest absolute Gasteiger partial charge is 0.316 e. The SMILES string of the molecule is CCCNCC(C)C(C)N1CCCC(C)(C)C1. The predicted molar refractivity (Wildman–Crippen MR) is 76.4 cm³/mol. The van der Waals surface area contributed by atoms with E-state index in [1.807, 2.05) is 0 Å². The highest BCUT2D eigenvalue weighted by molar-refractivity contribution is 4.84. The van der Waals surface area contributed by atoms with Gasteiger partial charge in [-0.2, -0.15) is 0 Å². The Morgan fingerprint density at radius 1 is 1.29 bits per heavy atom. The summed E-state index contributed by atoms with van der Waals surface area (Å²) in [5.41, 5.74) is 0.517. The van der Waals surface area contributed by atoms with Crippen LogP contribution < -0.4 is 5.32 Å². The van der Waals surface area contributed by atoms with Gasteiger partial charge < -0.3 is 5.32 Å². The molecule has 2 atom stereocenters. The molecule has 2 nitrogen and oxygen atoms in total. The number of likely N-dealkylation sites (tertiary alicyclic amines) is 1. The molecule has 1 fully saturated rings. The van der Waals surface area contributed by atoms with Crippen molar-refractivity contribution >= 4 is 0 Å². The molecule has 0 spiro atoms. The molecule has 1 saturated heterocycles. The number of rotatable bonds is 6. The quantitative estimate of drug-likeness (QED) is 0.718. The van der Waals surface area contributed by atoms with Gasteiger partial charge in [0.15, 0.2) is 0 Å². The molecule has 1 heterocycles. The molecule has 2 unspecified atom stereocenters. The summed E-state index contributed by atoms with van der Waals surface area (Å²) in [6.45, 7) is 16.7. The molecule has 17 heavy (non-hydrogen) atoms. The zero-order valence-electron chi connectivity index (χ0n) is 12.6. The number of hydrogen-bond acceptors (Lipinski definition) is 2. The first kappa shape index (κ1) is 15.0. The first-order valence-corrected chi connectivity index (χ1v) is 7.41. The second kappa shape index (κ2) is 6.75. The molecule has 1 aliphatic rings. The van der Waals surface area contributed by atoms with Crippen molar-refractivity contribution < 1.29 is 0 Å². The van der Waals surface area contributed by atoms with Crippen LogP contribution in [0.2, 0.25) is 0 Å². The van der Waals surface area contributed by atoms with E-state index >= 15 is 0 Å². The minimum absolute atomic E-state index is 0.517. The second-order valence-electron chi connectivity index (χ2n) is 6.66. The van der Waals surface area contributed by atoms with Gasteiger partial charge in [-0.25, -0.2) is 0 Å². The van der Waals surface area contributed by atoms with Crippen LogP contribution in [0, 0.1) is 11.3 Å². The van der Waals surface area contributed by atoms with Crippen LogP contribution in [-0.2, 0) is 0 Å². The zero-order chi connectivity index (χ0) is 12.9. The fourth-order valence-corrected chi connectivity index (χ4v) is 2.85. The van der Waals surface area contributed by atoms with Crippen LogP contribution in [0.3, 0.4) is 0 Å². The third-order valence-corrected chi connectivity index (χ3v) is 4.22. The lowest BCUT2D eigenvalue weighted by Crippen LogP contribution is -2.48. The Morgan fingerprint density at radius 3 is 2.59 bits per heavy atom. The molecule has 0 saturated carbocycles. The molecule has 1 aliphatic heterocycles. The van der Waals surface area contributed by atoms with E-state index < -0.39 is 0 Å². The molecule has 0 aromatic carbocycles. The molecule has 2 heteroatoms. The highest BCUT2D eigenvalue weighted by Crippen LogP contribution is 2.30. The summed E-state index contributed by atoms with van der Waals surface area (Å²) in [6, 6.07) is 0.707. The van der Waals surface area contributed by atoms with Gasteiger partial charge in [0.1, 0.15) is 0 Å². The zero-order valence-corrected chi connectivity index (χ0v) is 12.6. The molecule has 0 amide bonds. The van der Waals surface area contributed by atoms with Gasteiger partial charge in [-0.05, 0) is 57.2 Å². The smallest absolute Gasteiger partial charge is 0.0105 e. The summed E-state index contributed by atoms with van der Waals surface area (Å²) in [5, 5.41) is 3.55. The van der Waals surface area contributed by atoms with E-state index in [0.717, 1.165) is 19.0 Å². The average molecular weight is 240 g/mol. The van der Waals surface area contributed by atoms with E-state index in [-0.39, 0.29) is 0 Å². The lowest BCUT2D eigenvalue weighted by Gasteiger charge is -2.43. The number of hydrogen-bond donors (Lipinski definition) is 1. The van der Waals surface area contributed by atoms with Crippen molar-refractivity contribution in [1.29, 1.82) is 0 Å². The Balaban J connectivity index is 2.37. The summed E-state index contributed by atoms with van der Waals surface area (Å²) in [5.74, 6) is 0.746. The van der Waals surface area contributed by atoms with Crippen molar-refractivity contribution in [3.05, 3.63) is 0 Å². The van der Waals surface area contributed by atoms with Crippen molar-refractivity contribution in [3.63, 3.8) is 0 Å². The minimum atomic E-state index is 0.517. The molecule has 0 aliphatic carbocycles. The number of nitrogens with one attached hydrogen (secondary N) is 1. The minimum Gasteiger partial charge on any atom is -0.316 e. The van der Waals surface area contributed by atoms with Crippen LogP contribution in [-0.4, -0.2) is 37.1 Å². The van der Waals surface area contributed by atoms with Gasteiger partial charge in [0.2, 0.25) is 0 Å². The Hall–Kier alpha value is -0.0800.